The second kappa shape index (κ2) is 6.89. The predicted octanol–water partition coefficient (Wildman–Crippen LogP) is 2.23. The number of nitrogens with one attached hydrogen (secondary N) is 1. The van der Waals surface area contributed by atoms with Crippen LogP contribution < -0.4 is 5.32 Å². The van der Waals surface area contributed by atoms with Gasteiger partial charge in [-0.05, 0) is 24.6 Å². The van der Waals surface area contributed by atoms with E-state index in [2.05, 4.69) is 5.32 Å². The van der Waals surface area contributed by atoms with E-state index in [0.29, 0.717) is 18.6 Å². The van der Waals surface area contributed by atoms with Crippen LogP contribution in [-0.2, 0) is 25.5 Å². The molecule has 1 aromatic rings. The van der Waals surface area contributed by atoms with E-state index in [-0.39, 0.29) is 18.4 Å². The highest BCUT2D eigenvalue weighted by molar-refractivity contribution is 5.91. The van der Waals surface area contributed by atoms with Crippen LogP contribution in [0.4, 0.5) is 4.39 Å². The Balaban J connectivity index is 2.16. The Morgan fingerprint density at radius 2 is 2.08 bits per heavy atom. The van der Waals surface area contributed by atoms with Crippen molar-refractivity contribution in [3.05, 3.63) is 35.6 Å². The van der Waals surface area contributed by atoms with Gasteiger partial charge in [0.05, 0.1) is 19.6 Å². The lowest BCUT2D eigenvalue weighted by atomic mass is 9.54. The molecule has 0 radical (unpaired) electrons. The first-order valence-corrected chi connectivity index (χ1v) is 8.02. The summed E-state index contributed by atoms with van der Waals surface area (Å²) < 4.78 is 23.8. The molecule has 0 bridgehead atoms. The van der Waals surface area contributed by atoms with E-state index < -0.39 is 22.7 Å². The minimum atomic E-state index is -1.13. The van der Waals surface area contributed by atoms with E-state index in [0.717, 1.165) is 0 Å². The number of esters is 1. The molecule has 1 aromatic carbocycles. The standard InChI is InChI=1S/C18H24FNO4/c1-5-24-14-11-18(16(22)23-4,17(14,2)3)20-15(21)10-12-7-6-8-13(19)9-12/h6-9,14H,5,10-11H2,1-4H3,(H,20,21). The maximum absolute atomic E-state index is 13.3. The summed E-state index contributed by atoms with van der Waals surface area (Å²) >= 11 is 0. The summed E-state index contributed by atoms with van der Waals surface area (Å²) in [6.45, 7) is 6.16. The molecule has 132 valence electrons. The monoisotopic (exact) mass is 337 g/mol. The summed E-state index contributed by atoms with van der Waals surface area (Å²) in [5.74, 6) is -1.24. The molecule has 1 aliphatic carbocycles. The fraction of sp³-hybridized carbons (Fsp3) is 0.556. The van der Waals surface area contributed by atoms with E-state index >= 15 is 0 Å². The van der Waals surface area contributed by atoms with Gasteiger partial charge >= 0.3 is 5.97 Å². The fourth-order valence-corrected chi connectivity index (χ4v) is 3.31. The molecular formula is C18H24FNO4. The molecule has 1 amide bonds. The molecule has 0 aliphatic heterocycles. The zero-order valence-corrected chi connectivity index (χ0v) is 14.5. The summed E-state index contributed by atoms with van der Waals surface area (Å²) in [6.07, 6.45) is 0.206. The highest BCUT2D eigenvalue weighted by Crippen LogP contribution is 2.52. The lowest BCUT2D eigenvalue weighted by molar-refractivity contribution is -0.197. The number of methoxy groups -OCH3 is 1. The first kappa shape index (κ1) is 18.4. The second-order valence-electron chi connectivity index (χ2n) is 6.62. The molecule has 1 saturated carbocycles. The largest absolute Gasteiger partial charge is 0.467 e. The van der Waals surface area contributed by atoms with Gasteiger partial charge in [0, 0.05) is 18.4 Å². The van der Waals surface area contributed by atoms with Gasteiger partial charge in [0.25, 0.3) is 0 Å². The highest BCUT2D eigenvalue weighted by Gasteiger charge is 2.66. The molecule has 2 unspecified atom stereocenters. The third-order valence-electron chi connectivity index (χ3n) is 4.90. The third-order valence-corrected chi connectivity index (χ3v) is 4.90. The lowest BCUT2D eigenvalue weighted by Crippen LogP contribution is -2.76. The molecule has 24 heavy (non-hydrogen) atoms. The van der Waals surface area contributed by atoms with E-state index in [9.17, 15) is 14.0 Å². The first-order valence-electron chi connectivity index (χ1n) is 8.02. The zero-order valence-electron chi connectivity index (χ0n) is 14.5. The third kappa shape index (κ3) is 3.15. The van der Waals surface area contributed by atoms with Gasteiger partial charge in [0.15, 0.2) is 0 Å². The van der Waals surface area contributed by atoms with Crippen LogP contribution in [0.25, 0.3) is 0 Å². The molecule has 1 aliphatic rings. The van der Waals surface area contributed by atoms with Crippen LogP contribution in [0.15, 0.2) is 24.3 Å². The smallest absolute Gasteiger partial charge is 0.332 e. The lowest BCUT2D eigenvalue weighted by Gasteiger charge is -2.58. The van der Waals surface area contributed by atoms with Gasteiger partial charge in [-0.1, -0.05) is 26.0 Å². The van der Waals surface area contributed by atoms with Crippen molar-refractivity contribution >= 4 is 11.9 Å². The predicted molar refractivity (Wildman–Crippen MR) is 86.8 cm³/mol. The molecule has 0 aromatic heterocycles. The Hall–Kier alpha value is -1.95. The van der Waals surface area contributed by atoms with Crippen molar-refractivity contribution in [1.82, 2.24) is 5.32 Å². The van der Waals surface area contributed by atoms with E-state index in [1.165, 1.54) is 19.2 Å². The number of carbonyl (C=O) groups excluding carboxylic acids is 2. The van der Waals surface area contributed by atoms with Gasteiger partial charge < -0.3 is 14.8 Å². The maximum atomic E-state index is 13.3. The highest BCUT2D eigenvalue weighted by atomic mass is 19.1. The second-order valence-corrected chi connectivity index (χ2v) is 6.62. The van der Waals surface area contributed by atoms with Crippen molar-refractivity contribution in [2.75, 3.05) is 13.7 Å². The van der Waals surface area contributed by atoms with E-state index in [1.807, 2.05) is 20.8 Å². The van der Waals surface area contributed by atoms with Crippen LogP contribution in [-0.4, -0.2) is 37.2 Å². The van der Waals surface area contributed by atoms with Gasteiger partial charge in [-0.25, -0.2) is 9.18 Å². The number of carbonyl (C=O) groups is 2. The van der Waals surface area contributed by atoms with E-state index in [1.54, 1.807) is 12.1 Å². The summed E-state index contributed by atoms with van der Waals surface area (Å²) in [7, 11) is 1.30. The van der Waals surface area contributed by atoms with Crippen molar-refractivity contribution in [3.63, 3.8) is 0 Å². The Morgan fingerprint density at radius 1 is 1.38 bits per heavy atom. The summed E-state index contributed by atoms with van der Waals surface area (Å²) in [4.78, 5) is 24.8. The Labute approximate surface area is 141 Å². The quantitative estimate of drug-likeness (QED) is 0.809. The van der Waals surface area contributed by atoms with Crippen molar-refractivity contribution < 1.29 is 23.5 Å². The maximum Gasteiger partial charge on any atom is 0.332 e. The van der Waals surface area contributed by atoms with Crippen LogP contribution in [0, 0.1) is 11.2 Å². The van der Waals surface area contributed by atoms with Crippen LogP contribution in [0.1, 0.15) is 32.8 Å². The molecule has 0 spiro atoms. The van der Waals surface area contributed by atoms with Crippen molar-refractivity contribution in [1.29, 1.82) is 0 Å². The summed E-state index contributed by atoms with van der Waals surface area (Å²) in [6, 6.07) is 5.84. The first-order chi connectivity index (χ1) is 11.3. The average Bonchev–Trinajstić information content (AvgIpc) is 2.52. The van der Waals surface area contributed by atoms with Gasteiger partial charge in [0.2, 0.25) is 5.91 Å². The number of benzene rings is 1. The van der Waals surface area contributed by atoms with Crippen molar-refractivity contribution in [2.45, 2.75) is 45.3 Å². The molecule has 1 N–H and O–H groups in total. The molecule has 5 nitrogen and oxygen atoms in total. The van der Waals surface area contributed by atoms with Gasteiger partial charge in [-0.15, -0.1) is 0 Å². The van der Waals surface area contributed by atoms with Gasteiger partial charge in [-0.2, -0.15) is 0 Å². The Kier molecular flexibility index (Phi) is 5.28. The number of rotatable bonds is 6. The van der Waals surface area contributed by atoms with Gasteiger partial charge in [-0.3, -0.25) is 4.79 Å². The molecule has 0 heterocycles. The van der Waals surface area contributed by atoms with Crippen LogP contribution in [0.3, 0.4) is 0 Å². The van der Waals surface area contributed by atoms with Crippen molar-refractivity contribution in [2.24, 2.45) is 5.41 Å². The fourth-order valence-electron chi connectivity index (χ4n) is 3.31. The number of halogens is 1. The topological polar surface area (TPSA) is 64.6 Å². The number of ether oxygens (including phenoxy) is 2. The molecule has 2 atom stereocenters. The number of amides is 1. The van der Waals surface area contributed by atoms with Gasteiger partial charge in [0.1, 0.15) is 11.4 Å². The number of hydrogen-bond acceptors (Lipinski definition) is 4. The SMILES string of the molecule is CCOC1CC(NC(=O)Cc2cccc(F)c2)(C(=O)OC)C1(C)C. The minimum absolute atomic E-state index is 0.00805. The molecule has 0 saturated heterocycles. The summed E-state index contributed by atoms with van der Waals surface area (Å²) in [5, 5.41) is 2.81. The van der Waals surface area contributed by atoms with Crippen LogP contribution in [0.5, 0.6) is 0 Å². The Morgan fingerprint density at radius 3 is 2.62 bits per heavy atom. The summed E-state index contributed by atoms with van der Waals surface area (Å²) in [5.41, 5.74) is -1.19. The normalized spacial score (nSPS) is 24.8. The molecule has 6 heteroatoms. The minimum Gasteiger partial charge on any atom is -0.467 e. The molecule has 1 fully saturated rings. The van der Waals surface area contributed by atoms with Crippen LogP contribution >= 0.6 is 0 Å². The molecular weight excluding hydrogens is 313 g/mol. The Bertz CT molecular complexity index is 631. The number of hydrogen-bond donors (Lipinski definition) is 1. The zero-order chi connectivity index (χ0) is 18.0. The average molecular weight is 337 g/mol. The van der Waals surface area contributed by atoms with E-state index in [4.69, 9.17) is 9.47 Å². The van der Waals surface area contributed by atoms with Crippen LogP contribution in [0.2, 0.25) is 0 Å². The van der Waals surface area contributed by atoms with Crippen molar-refractivity contribution in [3.8, 4) is 0 Å². The molecule has 2 rings (SSSR count).